The lowest BCUT2D eigenvalue weighted by Crippen LogP contribution is -2.32. The van der Waals surface area contributed by atoms with E-state index in [0.29, 0.717) is 19.0 Å². The van der Waals surface area contributed by atoms with Gasteiger partial charge in [0.15, 0.2) is 0 Å². The van der Waals surface area contributed by atoms with Crippen LogP contribution >= 0.6 is 0 Å². The summed E-state index contributed by atoms with van der Waals surface area (Å²) in [5, 5.41) is 2.78. The van der Waals surface area contributed by atoms with Gasteiger partial charge in [0, 0.05) is 32.3 Å². The Labute approximate surface area is 113 Å². The molecule has 0 amide bonds. The van der Waals surface area contributed by atoms with Crippen molar-refractivity contribution in [2.75, 3.05) is 25.5 Å². The molecule has 0 aliphatic carbocycles. The van der Waals surface area contributed by atoms with Crippen LogP contribution in [0.3, 0.4) is 0 Å². The third kappa shape index (κ3) is 3.23. The van der Waals surface area contributed by atoms with E-state index in [0.717, 1.165) is 6.42 Å². The molecule has 0 aromatic carbocycles. The molecule has 1 aromatic heterocycles. The molecule has 2 unspecified atom stereocenters. The third-order valence-corrected chi connectivity index (χ3v) is 4.82. The van der Waals surface area contributed by atoms with Gasteiger partial charge in [0.25, 0.3) is 0 Å². The predicted octanol–water partition coefficient (Wildman–Crippen LogP) is 0.827. The van der Waals surface area contributed by atoms with Crippen molar-refractivity contribution in [2.24, 2.45) is 5.92 Å². The maximum atomic E-state index is 12.2. The van der Waals surface area contributed by atoms with Crippen LogP contribution in [0.2, 0.25) is 0 Å². The number of sulfonamides is 1. The first-order valence-electron chi connectivity index (χ1n) is 6.28. The van der Waals surface area contributed by atoms with Gasteiger partial charge in [-0.1, -0.05) is 0 Å². The van der Waals surface area contributed by atoms with Crippen LogP contribution in [0.25, 0.3) is 0 Å². The van der Waals surface area contributed by atoms with Gasteiger partial charge < -0.3 is 10.1 Å². The van der Waals surface area contributed by atoms with Crippen molar-refractivity contribution in [1.29, 1.82) is 0 Å². The highest BCUT2D eigenvalue weighted by Gasteiger charge is 2.27. The number of pyridine rings is 1. The minimum absolute atomic E-state index is 0.0976. The van der Waals surface area contributed by atoms with Crippen molar-refractivity contribution in [3.8, 4) is 0 Å². The highest BCUT2D eigenvalue weighted by molar-refractivity contribution is 7.89. The molecule has 0 spiro atoms. The first-order valence-corrected chi connectivity index (χ1v) is 7.77. The van der Waals surface area contributed by atoms with Crippen molar-refractivity contribution in [3.05, 3.63) is 18.3 Å². The largest absolute Gasteiger partial charge is 0.378 e. The second-order valence-corrected chi connectivity index (χ2v) is 6.31. The van der Waals surface area contributed by atoms with Crippen LogP contribution < -0.4 is 10.0 Å². The van der Waals surface area contributed by atoms with Crippen molar-refractivity contribution in [1.82, 2.24) is 9.71 Å². The van der Waals surface area contributed by atoms with Crippen LogP contribution in [-0.2, 0) is 14.8 Å². The maximum absolute atomic E-state index is 12.2. The summed E-state index contributed by atoms with van der Waals surface area (Å²) >= 11 is 0. The molecule has 0 bridgehead atoms. The maximum Gasteiger partial charge on any atom is 0.244 e. The molecule has 1 aromatic rings. The molecule has 2 atom stereocenters. The Kier molecular flexibility index (Phi) is 4.38. The molecule has 6 nitrogen and oxygen atoms in total. The van der Waals surface area contributed by atoms with Crippen molar-refractivity contribution in [2.45, 2.75) is 24.3 Å². The molecular formula is C12H19N3O3S. The van der Waals surface area contributed by atoms with E-state index in [-0.39, 0.29) is 16.9 Å². The quantitative estimate of drug-likeness (QED) is 0.837. The standard InChI is InChI=1S/C12H19N3O3S/c1-9-10(5-7-18-9)8-15-19(16,17)11-4-3-6-14-12(11)13-2/h3-4,6,9-10,15H,5,7-8H2,1-2H3,(H,13,14). The Morgan fingerprint density at radius 3 is 2.95 bits per heavy atom. The topological polar surface area (TPSA) is 80.3 Å². The van der Waals surface area contributed by atoms with E-state index >= 15 is 0 Å². The predicted molar refractivity (Wildman–Crippen MR) is 72.5 cm³/mol. The van der Waals surface area contributed by atoms with Crippen molar-refractivity contribution >= 4 is 15.8 Å². The van der Waals surface area contributed by atoms with E-state index in [1.807, 2.05) is 6.92 Å². The number of hydrogen-bond acceptors (Lipinski definition) is 5. The zero-order valence-electron chi connectivity index (χ0n) is 11.1. The zero-order chi connectivity index (χ0) is 13.9. The fourth-order valence-electron chi connectivity index (χ4n) is 2.13. The van der Waals surface area contributed by atoms with Crippen molar-refractivity contribution in [3.63, 3.8) is 0 Å². The lowest BCUT2D eigenvalue weighted by Gasteiger charge is -2.15. The Bertz CT molecular complexity index is 533. The fourth-order valence-corrected chi connectivity index (χ4v) is 3.39. The number of anilines is 1. The van der Waals surface area contributed by atoms with Crippen molar-refractivity contribution < 1.29 is 13.2 Å². The zero-order valence-corrected chi connectivity index (χ0v) is 11.9. The smallest absolute Gasteiger partial charge is 0.244 e. The van der Waals surface area contributed by atoms with Crippen LogP contribution in [0.1, 0.15) is 13.3 Å². The highest BCUT2D eigenvalue weighted by atomic mass is 32.2. The molecule has 1 saturated heterocycles. The van der Waals surface area contributed by atoms with Gasteiger partial charge in [-0.15, -0.1) is 0 Å². The Hall–Kier alpha value is -1.18. The van der Waals surface area contributed by atoms with Crippen LogP contribution in [0.4, 0.5) is 5.82 Å². The van der Waals surface area contributed by atoms with E-state index in [4.69, 9.17) is 4.74 Å². The summed E-state index contributed by atoms with van der Waals surface area (Å²) in [5.74, 6) is 0.579. The normalized spacial score (nSPS) is 23.5. The summed E-state index contributed by atoms with van der Waals surface area (Å²) in [6.45, 7) is 3.05. The van der Waals surface area contributed by atoms with Gasteiger partial charge in [-0.2, -0.15) is 0 Å². The Morgan fingerprint density at radius 1 is 1.53 bits per heavy atom. The molecule has 0 radical (unpaired) electrons. The molecule has 1 aliphatic heterocycles. The number of hydrogen-bond donors (Lipinski definition) is 2. The number of aromatic nitrogens is 1. The van der Waals surface area contributed by atoms with E-state index in [9.17, 15) is 8.42 Å². The van der Waals surface area contributed by atoms with Gasteiger partial charge in [-0.05, 0) is 25.5 Å². The second kappa shape index (κ2) is 5.85. The summed E-state index contributed by atoms with van der Waals surface area (Å²) in [6, 6.07) is 3.15. The number of nitrogens with one attached hydrogen (secondary N) is 2. The van der Waals surface area contributed by atoms with E-state index in [2.05, 4.69) is 15.0 Å². The minimum Gasteiger partial charge on any atom is -0.378 e. The van der Waals surface area contributed by atoms with Crippen LogP contribution in [0.15, 0.2) is 23.2 Å². The summed E-state index contributed by atoms with van der Waals surface area (Å²) in [7, 11) is -1.90. The molecule has 19 heavy (non-hydrogen) atoms. The SMILES string of the molecule is CNc1ncccc1S(=O)(=O)NCC1CCOC1C. The number of rotatable bonds is 5. The van der Waals surface area contributed by atoms with Crippen LogP contribution in [0.5, 0.6) is 0 Å². The van der Waals surface area contributed by atoms with E-state index in [1.54, 1.807) is 19.3 Å². The fraction of sp³-hybridized carbons (Fsp3) is 0.583. The molecule has 7 heteroatoms. The lowest BCUT2D eigenvalue weighted by atomic mass is 10.0. The molecule has 106 valence electrons. The summed E-state index contributed by atoms with van der Waals surface area (Å²) in [6.07, 6.45) is 2.54. The molecule has 1 aliphatic rings. The minimum atomic E-state index is -3.54. The molecule has 2 heterocycles. The van der Waals surface area contributed by atoms with Gasteiger partial charge >= 0.3 is 0 Å². The van der Waals surface area contributed by atoms with Gasteiger partial charge in [-0.3, -0.25) is 0 Å². The van der Waals surface area contributed by atoms with E-state index < -0.39 is 10.0 Å². The summed E-state index contributed by atoms with van der Waals surface area (Å²) < 4.78 is 32.5. The molecule has 1 fully saturated rings. The van der Waals surface area contributed by atoms with Gasteiger partial charge in [0.05, 0.1) is 6.10 Å². The molecule has 0 saturated carbocycles. The van der Waals surface area contributed by atoms with Gasteiger partial charge in [0.2, 0.25) is 10.0 Å². The summed E-state index contributed by atoms with van der Waals surface area (Å²) in [5.41, 5.74) is 0. The average Bonchev–Trinajstić information content (AvgIpc) is 2.82. The monoisotopic (exact) mass is 285 g/mol. The first kappa shape index (κ1) is 14.2. The number of nitrogens with zero attached hydrogens (tertiary/aromatic N) is 1. The van der Waals surface area contributed by atoms with E-state index in [1.165, 1.54) is 6.07 Å². The van der Waals surface area contributed by atoms with Gasteiger partial charge in [0.1, 0.15) is 10.7 Å². The molecule has 2 N–H and O–H groups in total. The van der Waals surface area contributed by atoms with Gasteiger partial charge in [-0.25, -0.2) is 18.1 Å². The summed E-state index contributed by atoms with van der Waals surface area (Å²) in [4.78, 5) is 4.17. The number of ether oxygens (including phenoxy) is 1. The third-order valence-electron chi connectivity index (χ3n) is 3.37. The highest BCUT2D eigenvalue weighted by Crippen LogP contribution is 2.21. The van der Waals surface area contributed by atoms with Crippen LogP contribution in [0, 0.1) is 5.92 Å². The second-order valence-electron chi connectivity index (χ2n) is 4.58. The van der Waals surface area contributed by atoms with Crippen LogP contribution in [-0.4, -0.2) is 39.7 Å². The Balaban J connectivity index is 2.09. The molecular weight excluding hydrogens is 266 g/mol. The first-order chi connectivity index (χ1) is 9.04. The Morgan fingerprint density at radius 2 is 2.32 bits per heavy atom. The average molecular weight is 285 g/mol. The molecule has 2 rings (SSSR count). The lowest BCUT2D eigenvalue weighted by molar-refractivity contribution is 0.107.